The van der Waals surface area contributed by atoms with Crippen LogP contribution in [0.25, 0.3) is 0 Å². The molecule has 2 N–H and O–H groups in total. The number of hydrogen-bond donors (Lipinski definition) is 2. The summed E-state index contributed by atoms with van der Waals surface area (Å²) in [6.07, 6.45) is 0. The highest BCUT2D eigenvalue weighted by Crippen LogP contribution is 2.03. The Labute approximate surface area is 88.7 Å². The minimum Gasteiger partial charge on any atom is -0.287 e. The van der Waals surface area contributed by atoms with Gasteiger partial charge in [-0.25, -0.2) is 9.82 Å². The second kappa shape index (κ2) is 4.40. The highest BCUT2D eigenvalue weighted by atomic mass is 19.1. The van der Waals surface area contributed by atoms with E-state index in [0.29, 0.717) is 5.56 Å². The first-order valence-electron chi connectivity index (χ1n) is 4.71. The molecule has 0 bridgehead atoms. The molecule has 1 rings (SSSR count). The normalized spacial score (nSPS) is 11.2. The van der Waals surface area contributed by atoms with E-state index in [9.17, 15) is 9.18 Å². The van der Waals surface area contributed by atoms with Gasteiger partial charge in [0.2, 0.25) is 0 Å². The number of carbonyl (C=O) groups is 1. The van der Waals surface area contributed by atoms with Gasteiger partial charge in [0.25, 0.3) is 5.91 Å². The summed E-state index contributed by atoms with van der Waals surface area (Å²) < 4.78 is 12.8. The summed E-state index contributed by atoms with van der Waals surface area (Å²) in [6, 6.07) is 5.55. The summed E-state index contributed by atoms with van der Waals surface area (Å²) in [4.78, 5) is 11.5. The first-order chi connectivity index (χ1) is 6.88. The summed E-state index contributed by atoms with van der Waals surface area (Å²) in [5.74, 6) is -0.761. The molecule has 0 fully saturated rings. The van der Waals surface area contributed by atoms with Crippen molar-refractivity contribution < 1.29 is 9.18 Å². The van der Waals surface area contributed by atoms with Crippen LogP contribution in [0.4, 0.5) is 4.39 Å². The summed E-state index contributed by atoms with van der Waals surface area (Å²) in [5.41, 5.74) is 5.41. The minimum atomic E-state index is -0.418. The molecule has 0 aromatic heterocycles. The second-order valence-electron chi connectivity index (χ2n) is 4.34. The molecular weight excluding hydrogens is 195 g/mol. The van der Waals surface area contributed by atoms with Crippen molar-refractivity contribution in [2.75, 3.05) is 0 Å². The lowest BCUT2D eigenvalue weighted by Crippen LogP contribution is -2.48. The number of hydrogen-bond acceptors (Lipinski definition) is 2. The Kier molecular flexibility index (Phi) is 3.42. The zero-order chi connectivity index (χ0) is 11.5. The van der Waals surface area contributed by atoms with E-state index in [1.165, 1.54) is 18.2 Å². The maximum Gasteiger partial charge on any atom is 0.265 e. The second-order valence-corrected chi connectivity index (χ2v) is 4.34. The summed E-state index contributed by atoms with van der Waals surface area (Å²) >= 11 is 0. The molecule has 0 aliphatic rings. The lowest BCUT2D eigenvalue weighted by atomic mass is 10.1. The Balaban J connectivity index is 2.62. The molecule has 15 heavy (non-hydrogen) atoms. The van der Waals surface area contributed by atoms with Gasteiger partial charge in [0, 0.05) is 11.1 Å². The van der Waals surface area contributed by atoms with Crippen molar-refractivity contribution in [2.24, 2.45) is 0 Å². The van der Waals surface area contributed by atoms with Crippen molar-refractivity contribution >= 4 is 5.91 Å². The fourth-order valence-corrected chi connectivity index (χ4v) is 0.946. The largest absolute Gasteiger partial charge is 0.287 e. The van der Waals surface area contributed by atoms with Crippen LogP contribution in [0.1, 0.15) is 31.1 Å². The van der Waals surface area contributed by atoms with Crippen LogP contribution in [-0.4, -0.2) is 11.4 Å². The van der Waals surface area contributed by atoms with Gasteiger partial charge in [-0.3, -0.25) is 10.2 Å². The Morgan fingerprint density at radius 2 is 2.00 bits per heavy atom. The first kappa shape index (κ1) is 11.7. The van der Waals surface area contributed by atoms with Crippen LogP contribution in [-0.2, 0) is 0 Å². The van der Waals surface area contributed by atoms with Crippen LogP contribution >= 0.6 is 0 Å². The Morgan fingerprint density at radius 1 is 1.33 bits per heavy atom. The molecule has 0 atom stereocenters. The maximum atomic E-state index is 12.8. The van der Waals surface area contributed by atoms with Crippen molar-refractivity contribution in [1.29, 1.82) is 0 Å². The molecule has 4 heteroatoms. The number of rotatable bonds is 2. The van der Waals surface area contributed by atoms with Gasteiger partial charge >= 0.3 is 0 Å². The Hall–Kier alpha value is -1.42. The number of hydrazine groups is 1. The van der Waals surface area contributed by atoms with E-state index >= 15 is 0 Å². The fraction of sp³-hybridized carbons (Fsp3) is 0.364. The minimum absolute atomic E-state index is 0.219. The maximum absolute atomic E-state index is 12.8. The monoisotopic (exact) mass is 210 g/mol. The van der Waals surface area contributed by atoms with Gasteiger partial charge in [0.05, 0.1) is 0 Å². The van der Waals surface area contributed by atoms with Gasteiger partial charge in [0.1, 0.15) is 5.82 Å². The molecule has 0 saturated carbocycles. The molecule has 0 saturated heterocycles. The molecule has 0 aliphatic heterocycles. The van der Waals surface area contributed by atoms with E-state index < -0.39 is 5.82 Å². The Morgan fingerprint density at radius 3 is 2.53 bits per heavy atom. The fourth-order valence-electron chi connectivity index (χ4n) is 0.946. The SMILES string of the molecule is CC(C)(C)NNC(=O)c1cccc(F)c1. The van der Waals surface area contributed by atoms with Gasteiger partial charge in [-0.05, 0) is 39.0 Å². The van der Waals surface area contributed by atoms with Gasteiger partial charge in [0.15, 0.2) is 0 Å². The van der Waals surface area contributed by atoms with Crippen molar-refractivity contribution in [3.05, 3.63) is 35.6 Å². The highest BCUT2D eigenvalue weighted by Gasteiger charge is 2.11. The van der Waals surface area contributed by atoms with E-state index in [4.69, 9.17) is 0 Å². The number of halogens is 1. The van der Waals surface area contributed by atoms with Crippen LogP contribution in [0, 0.1) is 5.82 Å². The number of carbonyl (C=O) groups excluding carboxylic acids is 1. The molecule has 0 spiro atoms. The molecule has 1 aromatic carbocycles. The van der Waals surface area contributed by atoms with E-state index in [1.807, 2.05) is 20.8 Å². The van der Waals surface area contributed by atoms with Crippen LogP contribution in [0.15, 0.2) is 24.3 Å². The molecule has 1 aromatic rings. The van der Waals surface area contributed by atoms with Crippen LogP contribution in [0.5, 0.6) is 0 Å². The van der Waals surface area contributed by atoms with Gasteiger partial charge in [-0.15, -0.1) is 0 Å². The smallest absolute Gasteiger partial charge is 0.265 e. The quantitative estimate of drug-likeness (QED) is 0.731. The lowest BCUT2D eigenvalue weighted by molar-refractivity contribution is 0.0914. The third-order valence-electron chi connectivity index (χ3n) is 1.64. The lowest BCUT2D eigenvalue weighted by Gasteiger charge is -2.20. The van der Waals surface area contributed by atoms with Gasteiger partial charge < -0.3 is 0 Å². The summed E-state index contributed by atoms with van der Waals surface area (Å²) in [6.45, 7) is 5.75. The van der Waals surface area contributed by atoms with E-state index in [1.54, 1.807) is 6.07 Å². The van der Waals surface area contributed by atoms with Crippen molar-refractivity contribution in [3.8, 4) is 0 Å². The van der Waals surface area contributed by atoms with E-state index in [0.717, 1.165) is 0 Å². The molecule has 0 heterocycles. The summed E-state index contributed by atoms with van der Waals surface area (Å²) in [7, 11) is 0. The molecule has 0 unspecified atom stereocenters. The van der Waals surface area contributed by atoms with E-state index in [-0.39, 0.29) is 11.4 Å². The average Bonchev–Trinajstić information content (AvgIpc) is 2.13. The molecule has 0 radical (unpaired) electrons. The highest BCUT2D eigenvalue weighted by molar-refractivity contribution is 5.93. The van der Waals surface area contributed by atoms with Crippen molar-refractivity contribution in [2.45, 2.75) is 26.3 Å². The van der Waals surface area contributed by atoms with Crippen LogP contribution in [0.2, 0.25) is 0 Å². The predicted octanol–water partition coefficient (Wildman–Crippen LogP) is 1.86. The average molecular weight is 210 g/mol. The molecular formula is C11H15FN2O. The van der Waals surface area contributed by atoms with Crippen molar-refractivity contribution in [1.82, 2.24) is 10.9 Å². The van der Waals surface area contributed by atoms with Crippen LogP contribution in [0.3, 0.4) is 0 Å². The van der Waals surface area contributed by atoms with Crippen molar-refractivity contribution in [3.63, 3.8) is 0 Å². The van der Waals surface area contributed by atoms with E-state index in [2.05, 4.69) is 10.9 Å². The topological polar surface area (TPSA) is 41.1 Å². The third kappa shape index (κ3) is 4.08. The molecule has 0 aliphatic carbocycles. The molecule has 3 nitrogen and oxygen atoms in total. The standard InChI is InChI=1S/C11H15FN2O/c1-11(2,3)14-13-10(15)8-5-4-6-9(12)7-8/h4-7,14H,1-3H3,(H,13,15). The van der Waals surface area contributed by atoms with Gasteiger partial charge in [-0.1, -0.05) is 6.07 Å². The Bertz CT molecular complexity index is 358. The molecule has 1 amide bonds. The molecule has 82 valence electrons. The zero-order valence-electron chi connectivity index (χ0n) is 9.10. The van der Waals surface area contributed by atoms with Gasteiger partial charge in [-0.2, -0.15) is 0 Å². The number of benzene rings is 1. The zero-order valence-corrected chi connectivity index (χ0v) is 9.10. The third-order valence-corrected chi connectivity index (χ3v) is 1.64. The van der Waals surface area contributed by atoms with Crippen LogP contribution < -0.4 is 10.9 Å². The number of nitrogens with one attached hydrogen (secondary N) is 2. The number of amides is 1. The predicted molar refractivity (Wildman–Crippen MR) is 56.8 cm³/mol. The summed E-state index contributed by atoms with van der Waals surface area (Å²) in [5, 5.41) is 0. The first-order valence-corrected chi connectivity index (χ1v) is 4.71.